The van der Waals surface area contributed by atoms with E-state index in [4.69, 9.17) is 0 Å². The molecule has 1 heterocycles. The van der Waals surface area contributed by atoms with Crippen molar-refractivity contribution in [2.24, 2.45) is 0 Å². The molecule has 0 aliphatic carbocycles. The molecule has 3 heteroatoms. The SMILES string of the molecule is Cc1cccnc1NC(=O)CCc1ccc2ccccc2c1. The highest BCUT2D eigenvalue weighted by Crippen LogP contribution is 2.17. The van der Waals surface area contributed by atoms with Gasteiger partial charge in [-0.25, -0.2) is 4.98 Å². The maximum atomic E-state index is 12.1. The Balaban J connectivity index is 1.63. The lowest BCUT2D eigenvalue weighted by atomic mass is 10.0. The molecule has 0 spiro atoms. The summed E-state index contributed by atoms with van der Waals surface area (Å²) in [5.74, 6) is 0.640. The number of nitrogens with zero attached hydrogens (tertiary/aromatic N) is 1. The van der Waals surface area contributed by atoms with Crippen LogP contribution in [-0.2, 0) is 11.2 Å². The van der Waals surface area contributed by atoms with Crippen LogP contribution in [0.3, 0.4) is 0 Å². The number of aromatic nitrogens is 1. The van der Waals surface area contributed by atoms with Crippen molar-refractivity contribution < 1.29 is 4.79 Å². The van der Waals surface area contributed by atoms with E-state index in [0.29, 0.717) is 12.2 Å². The lowest BCUT2D eigenvalue weighted by Crippen LogP contribution is -2.14. The van der Waals surface area contributed by atoms with Gasteiger partial charge in [-0.05, 0) is 41.3 Å². The lowest BCUT2D eigenvalue weighted by molar-refractivity contribution is -0.116. The monoisotopic (exact) mass is 290 g/mol. The average molecular weight is 290 g/mol. The fraction of sp³-hybridized carbons (Fsp3) is 0.158. The van der Waals surface area contributed by atoms with Crippen LogP contribution in [0.4, 0.5) is 5.82 Å². The third kappa shape index (κ3) is 3.31. The molecule has 1 N–H and O–H groups in total. The summed E-state index contributed by atoms with van der Waals surface area (Å²) in [4.78, 5) is 16.2. The summed E-state index contributed by atoms with van der Waals surface area (Å²) in [5, 5.41) is 5.30. The summed E-state index contributed by atoms with van der Waals surface area (Å²) in [6.07, 6.45) is 2.86. The first-order valence-electron chi connectivity index (χ1n) is 7.41. The highest BCUT2D eigenvalue weighted by atomic mass is 16.1. The second-order valence-corrected chi connectivity index (χ2v) is 5.40. The first-order chi connectivity index (χ1) is 10.7. The molecule has 0 unspecified atom stereocenters. The van der Waals surface area contributed by atoms with Gasteiger partial charge in [0.15, 0.2) is 0 Å². The second kappa shape index (κ2) is 6.39. The molecule has 0 saturated carbocycles. The van der Waals surface area contributed by atoms with Gasteiger partial charge in [0.1, 0.15) is 5.82 Å². The number of aryl methyl sites for hydroxylation is 2. The number of fused-ring (bicyclic) bond motifs is 1. The lowest BCUT2D eigenvalue weighted by Gasteiger charge is -2.07. The van der Waals surface area contributed by atoms with E-state index < -0.39 is 0 Å². The zero-order valence-corrected chi connectivity index (χ0v) is 12.5. The number of benzene rings is 2. The number of anilines is 1. The summed E-state index contributed by atoms with van der Waals surface area (Å²) >= 11 is 0. The van der Waals surface area contributed by atoms with Gasteiger partial charge in [-0.2, -0.15) is 0 Å². The first kappa shape index (κ1) is 14.3. The molecule has 3 nitrogen and oxygen atoms in total. The van der Waals surface area contributed by atoms with E-state index in [9.17, 15) is 4.79 Å². The molecule has 0 bridgehead atoms. The van der Waals surface area contributed by atoms with Crippen LogP contribution in [0.25, 0.3) is 10.8 Å². The number of rotatable bonds is 4. The van der Waals surface area contributed by atoms with Gasteiger partial charge in [0.25, 0.3) is 0 Å². The fourth-order valence-electron chi connectivity index (χ4n) is 2.46. The highest BCUT2D eigenvalue weighted by molar-refractivity contribution is 5.90. The largest absolute Gasteiger partial charge is 0.310 e. The third-order valence-corrected chi connectivity index (χ3v) is 3.72. The number of amides is 1. The van der Waals surface area contributed by atoms with Crippen molar-refractivity contribution in [2.75, 3.05) is 5.32 Å². The molecule has 0 aliphatic rings. The summed E-state index contributed by atoms with van der Waals surface area (Å²) in [7, 11) is 0. The van der Waals surface area contributed by atoms with Crippen molar-refractivity contribution in [2.45, 2.75) is 19.8 Å². The van der Waals surface area contributed by atoms with E-state index in [2.05, 4.69) is 40.6 Å². The molecule has 0 radical (unpaired) electrons. The molecular formula is C19H18N2O. The predicted molar refractivity (Wildman–Crippen MR) is 89.9 cm³/mol. The van der Waals surface area contributed by atoms with Crippen LogP contribution in [0, 0.1) is 6.92 Å². The van der Waals surface area contributed by atoms with E-state index in [1.54, 1.807) is 6.20 Å². The summed E-state index contributed by atoms with van der Waals surface area (Å²) in [6, 6.07) is 18.4. The zero-order chi connectivity index (χ0) is 15.4. The quantitative estimate of drug-likeness (QED) is 0.785. The summed E-state index contributed by atoms with van der Waals surface area (Å²) in [6.45, 7) is 1.94. The van der Waals surface area contributed by atoms with Gasteiger partial charge in [-0.15, -0.1) is 0 Å². The average Bonchev–Trinajstić information content (AvgIpc) is 2.55. The van der Waals surface area contributed by atoms with Crippen molar-refractivity contribution in [1.29, 1.82) is 0 Å². The molecule has 22 heavy (non-hydrogen) atoms. The van der Waals surface area contributed by atoms with Crippen LogP contribution >= 0.6 is 0 Å². The number of hydrogen-bond acceptors (Lipinski definition) is 2. The van der Waals surface area contributed by atoms with Crippen LogP contribution in [0.5, 0.6) is 0 Å². The van der Waals surface area contributed by atoms with Crippen molar-refractivity contribution in [3.8, 4) is 0 Å². The van der Waals surface area contributed by atoms with Crippen LogP contribution in [0.1, 0.15) is 17.5 Å². The van der Waals surface area contributed by atoms with Crippen molar-refractivity contribution in [3.05, 3.63) is 71.9 Å². The Bertz CT molecular complexity index is 811. The van der Waals surface area contributed by atoms with Gasteiger partial charge in [0.05, 0.1) is 0 Å². The molecule has 110 valence electrons. The van der Waals surface area contributed by atoms with Gasteiger partial charge < -0.3 is 5.32 Å². The van der Waals surface area contributed by atoms with Gasteiger partial charge in [-0.1, -0.05) is 48.5 Å². The number of carbonyl (C=O) groups excluding carboxylic acids is 1. The highest BCUT2D eigenvalue weighted by Gasteiger charge is 2.06. The Labute approximate surface area is 130 Å². The van der Waals surface area contributed by atoms with Crippen LogP contribution < -0.4 is 5.32 Å². The maximum absolute atomic E-state index is 12.1. The first-order valence-corrected chi connectivity index (χ1v) is 7.41. The van der Waals surface area contributed by atoms with Gasteiger partial charge in [0, 0.05) is 12.6 Å². The number of carbonyl (C=O) groups is 1. The second-order valence-electron chi connectivity index (χ2n) is 5.40. The Kier molecular flexibility index (Phi) is 4.15. The Morgan fingerprint density at radius 2 is 1.86 bits per heavy atom. The normalized spacial score (nSPS) is 10.6. The third-order valence-electron chi connectivity index (χ3n) is 3.72. The Morgan fingerprint density at radius 3 is 2.68 bits per heavy atom. The topological polar surface area (TPSA) is 42.0 Å². The molecule has 0 aliphatic heterocycles. The van der Waals surface area contributed by atoms with E-state index >= 15 is 0 Å². The standard InChI is InChI=1S/C19H18N2O/c1-14-5-4-12-20-19(14)21-18(22)11-9-15-8-10-16-6-2-3-7-17(16)13-15/h2-8,10,12-13H,9,11H2,1H3,(H,20,21,22). The molecule has 3 aromatic rings. The minimum atomic E-state index is -0.00467. The summed E-state index contributed by atoms with van der Waals surface area (Å²) in [5.41, 5.74) is 2.15. The molecule has 1 aromatic heterocycles. The molecule has 3 rings (SSSR count). The number of pyridine rings is 1. The van der Waals surface area contributed by atoms with E-state index in [1.807, 2.05) is 31.2 Å². The van der Waals surface area contributed by atoms with Crippen molar-refractivity contribution in [3.63, 3.8) is 0 Å². The zero-order valence-electron chi connectivity index (χ0n) is 12.5. The molecule has 0 saturated heterocycles. The smallest absolute Gasteiger partial charge is 0.225 e. The Morgan fingerprint density at radius 1 is 1.05 bits per heavy atom. The van der Waals surface area contributed by atoms with Crippen LogP contribution in [0.15, 0.2) is 60.8 Å². The van der Waals surface area contributed by atoms with Crippen molar-refractivity contribution >= 4 is 22.5 Å². The maximum Gasteiger partial charge on any atom is 0.225 e. The molecule has 2 aromatic carbocycles. The molecule has 0 atom stereocenters. The molecule has 1 amide bonds. The fourth-order valence-corrected chi connectivity index (χ4v) is 2.46. The van der Waals surface area contributed by atoms with E-state index in [0.717, 1.165) is 12.0 Å². The van der Waals surface area contributed by atoms with Crippen molar-refractivity contribution in [1.82, 2.24) is 4.98 Å². The predicted octanol–water partition coefficient (Wildman–Crippen LogP) is 4.11. The number of nitrogens with one attached hydrogen (secondary N) is 1. The number of hydrogen-bond donors (Lipinski definition) is 1. The molecule has 0 fully saturated rings. The van der Waals surface area contributed by atoms with Gasteiger partial charge in [-0.3, -0.25) is 4.79 Å². The van der Waals surface area contributed by atoms with Crippen LogP contribution in [0.2, 0.25) is 0 Å². The summed E-state index contributed by atoms with van der Waals surface area (Å²) < 4.78 is 0. The minimum Gasteiger partial charge on any atom is -0.310 e. The van der Waals surface area contributed by atoms with Gasteiger partial charge >= 0.3 is 0 Å². The van der Waals surface area contributed by atoms with E-state index in [1.165, 1.54) is 16.3 Å². The van der Waals surface area contributed by atoms with Gasteiger partial charge in [0.2, 0.25) is 5.91 Å². The van der Waals surface area contributed by atoms with Crippen LogP contribution in [-0.4, -0.2) is 10.9 Å². The minimum absolute atomic E-state index is 0.00467. The Hall–Kier alpha value is -2.68. The molecular weight excluding hydrogens is 272 g/mol. The van der Waals surface area contributed by atoms with E-state index in [-0.39, 0.29) is 5.91 Å².